The first-order valence-corrected chi connectivity index (χ1v) is 10.9. The molecule has 4 rings (SSSR count). The molecule has 1 aromatic heterocycles. The van der Waals surface area contributed by atoms with Crippen molar-refractivity contribution < 1.29 is 23.5 Å². The minimum atomic E-state index is -0.459. The highest BCUT2D eigenvalue weighted by Gasteiger charge is 2.25. The summed E-state index contributed by atoms with van der Waals surface area (Å²) in [5.41, 5.74) is 1.39. The van der Waals surface area contributed by atoms with E-state index in [9.17, 15) is 18.8 Å². The fourth-order valence-corrected chi connectivity index (χ4v) is 4.30. The molecule has 32 heavy (non-hydrogen) atoms. The van der Waals surface area contributed by atoms with Crippen molar-refractivity contribution in [3.05, 3.63) is 59.4 Å². The van der Waals surface area contributed by atoms with E-state index in [-0.39, 0.29) is 11.9 Å². The quantitative estimate of drug-likeness (QED) is 0.606. The lowest BCUT2D eigenvalue weighted by Gasteiger charge is -2.34. The number of benzene rings is 2. The lowest BCUT2D eigenvalue weighted by molar-refractivity contribution is 0.0526. The molecule has 0 aliphatic carbocycles. The molecule has 3 amide bonds. The number of anilines is 1. The van der Waals surface area contributed by atoms with Gasteiger partial charge in [-0.15, -0.1) is 0 Å². The predicted molar refractivity (Wildman–Crippen MR) is 118 cm³/mol. The van der Waals surface area contributed by atoms with E-state index >= 15 is 0 Å². The molecule has 1 aliphatic rings. The lowest BCUT2D eigenvalue weighted by atomic mass is 10.2. The number of carbonyl (C=O) groups excluding carboxylic acids is 3. The third kappa shape index (κ3) is 4.70. The van der Waals surface area contributed by atoms with E-state index in [4.69, 9.17) is 4.74 Å². The number of hydrogen-bond donors (Lipinski definition) is 1. The molecule has 0 radical (unpaired) electrons. The number of piperazine rings is 1. The molecule has 3 aromatic rings. The molecule has 10 heteroatoms. The van der Waals surface area contributed by atoms with Gasteiger partial charge in [0.25, 0.3) is 5.91 Å². The van der Waals surface area contributed by atoms with Crippen LogP contribution in [0, 0.1) is 5.82 Å². The summed E-state index contributed by atoms with van der Waals surface area (Å²) in [7, 11) is 0. The van der Waals surface area contributed by atoms with Crippen molar-refractivity contribution in [2.45, 2.75) is 6.92 Å². The van der Waals surface area contributed by atoms with Crippen LogP contribution in [0.25, 0.3) is 10.2 Å². The molecule has 2 heterocycles. The van der Waals surface area contributed by atoms with Crippen LogP contribution < -0.4 is 5.32 Å². The molecule has 1 aliphatic heterocycles. The Hall–Kier alpha value is -3.53. The van der Waals surface area contributed by atoms with Gasteiger partial charge in [0.15, 0.2) is 5.13 Å². The Morgan fingerprint density at radius 2 is 1.81 bits per heavy atom. The van der Waals surface area contributed by atoms with Crippen molar-refractivity contribution in [1.29, 1.82) is 0 Å². The molecule has 1 N–H and O–H groups in total. The van der Waals surface area contributed by atoms with E-state index in [1.165, 1.54) is 29.5 Å². The minimum absolute atomic E-state index is 0.256. The van der Waals surface area contributed by atoms with Crippen LogP contribution in [0.1, 0.15) is 27.6 Å². The van der Waals surface area contributed by atoms with Crippen LogP contribution >= 0.6 is 11.3 Å². The number of amides is 3. The summed E-state index contributed by atoms with van der Waals surface area (Å²) in [6.07, 6.45) is 0. The standard InChI is InChI=1S/C22H21FN4O4S/c1-2-31-20(29)15-6-7-17-18(13-15)32-21(24-17)25-22(30)27-10-8-26(9-11-27)19(28)14-4-3-5-16(23)12-14/h3-7,12-13H,2,8-11H2,1H3,(H,24,25,30). The van der Waals surface area contributed by atoms with Crippen LogP contribution in [0.5, 0.6) is 0 Å². The molecule has 2 aromatic carbocycles. The smallest absolute Gasteiger partial charge is 0.338 e. The van der Waals surface area contributed by atoms with Gasteiger partial charge in [0.05, 0.1) is 22.4 Å². The average Bonchev–Trinajstić information content (AvgIpc) is 3.20. The summed E-state index contributed by atoms with van der Waals surface area (Å²) in [6.45, 7) is 3.45. The van der Waals surface area contributed by atoms with Crippen molar-refractivity contribution in [3.8, 4) is 0 Å². The molecule has 0 spiro atoms. The molecule has 8 nitrogen and oxygen atoms in total. The third-order valence-electron chi connectivity index (χ3n) is 5.04. The van der Waals surface area contributed by atoms with E-state index in [1.807, 2.05) is 0 Å². The fourth-order valence-electron chi connectivity index (χ4n) is 3.41. The van der Waals surface area contributed by atoms with E-state index < -0.39 is 11.8 Å². The molecule has 0 bridgehead atoms. The first-order chi connectivity index (χ1) is 15.4. The van der Waals surface area contributed by atoms with E-state index in [2.05, 4.69) is 10.3 Å². The highest BCUT2D eigenvalue weighted by molar-refractivity contribution is 7.22. The number of urea groups is 1. The Morgan fingerprint density at radius 3 is 2.53 bits per heavy atom. The normalized spacial score (nSPS) is 13.8. The largest absolute Gasteiger partial charge is 0.462 e. The maximum Gasteiger partial charge on any atom is 0.338 e. The van der Waals surface area contributed by atoms with Gasteiger partial charge in [-0.2, -0.15) is 0 Å². The topological polar surface area (TPSA) is 91.8 Å². The number of hydrogen-bond acceptors (Lipinski definition) is 6. The molecule has 0 saturated carbocycles. The van der Waals surface area contributed by atoms with Gasteiger partial charge in [0.1, 0.15) is 5.82 Å². The van der Waals surface area contributed by atoms with Crippen LogP contribution in [-0.4, -0.2) is 65.5 Å². The number of rotatable bonds is 4. The highest BCUT2D eigenvalue weighted by atomic mass is 32.1. The van der Waals surface area contributed by atoms with E-state index in [0.717, 1.165) is 4.70 Å². The van der Waals surface area contributed by atoms with Crippen LogP contribution in [0.15, 0.2) is 42.5 Å². The Morgan fingerprint density at radius 1 is 1.06 bits per heavy atom. The van der Waals surface area contributed by atoms with Gasteiger partial charge in [0, 0.05) is 31.7 Å². The molecule has 1 fully saturated rings. The number of fused-ring (bicyclic) bond motifs is 1. The first-order valence-electron chi connectivity index (χ1n) is 10.1. The van der Waals surface area contributed by atoms with Crippen molar-refractivity contribution in [2.75, 3.05) is 38.1 Å². The Kier molecular flexibility index (Phi) is 6.31. The van der Waals surface area contributed by atoms with Crippen LogP contribution in [0.4, 0.5) is 14.3 Å². The molecular formula is C22H21FN4O4S. The van der Waals surface area contributed by atoms with Crippen LogP contribution in [0.2, 0.25) is 0 Å². The maximum absolute atomic E-state index is 13.4. The second-order valence-electron chi connectivity index (χ2n) is 7.14. The predicted octanol–water partition coefficient (Wildman–Crippen LogP) is 3.60. The highest BCUT2D eigenvalue weighted by Crippen LogP contribution is 2.27. The summed E-state index contributed by atoms with van der Waals surface area (Å²) >= 11 is 1.27. The van der Waals surface area contributed by atoms with E-state index in [1.54, 1.807) is 41.0 Å². The van der Waals surface area contributed by atoms with Crippen molar-refractivity contribution in [1.82, 2.24) is 14.8 Å². The zero-order chi connectivity index (χ0) is 22.7. The number of nitrogens with zero attached hydrogens (tertiary/aromatic N) is 3. The monoisotopic (exact) mass is 456 g/mol. The second-order valence-corrected chi connectivity index (χ2v) is 8.17. The fraction of sp³-hybridized carbons (Fsp3) is 0.273. The van der Waals surface area contributed by atoms with Gasteiger partial charge in [-0.1, -0.05) is 17.4 Å². The van der Waals surface area contributed by atoms with Gasteiger partial charge >= 0.3 is 12.0 Å². The van der Waals surface area contributed by atoms with E-state index in [0.29, 0.717) is 54.6 Å². The second kappa shape index (κ2) is 9.31. The Labute approximate surface area is 187 Å². The maximum atomic E-state index is 13.4. The number of carbonyl (C=O) groups is 3. The molecule has 1 saturated heterocycles. The number of ether oxygens (including phenoxy) is 1. The Balaban J connectivity index is 1.36. The SMILES string of the molecule is CCOC(=O)c1ccc2nc(NC(=O)N3CCN(C(=O)c4cccc(F)c4)CC3)sc2c1. The summed E-state index contributed by atoms with van der Waals surface area (Å²) in [4.78, 5) is 44.7. The molecule has 166 valence electrons. The number of aromatic nitrogens is 1. The number of esters is 1. The van der Waals surface area contributed by atoms with Gasteiger partial charge in [-0.3, -0.25) is 10.1 Å². The third-order valence-corrected chi connectivity index (χ3v) is 5.97. The number of halogens is 1. The minimum Gasteiger partial charge on any atom is -0.462 e. The molecule has 0 unspecified atom stereocenters. The summed E-state index contributed by atoms with van der Waals surface area (Å²) in [5, 5.41) is 3.20. The van der Waals surface area contributed by atoms with Gasteiger partial charge in [-0.05, 0) is 43.3 Å². The molecule has 0 atom stereocenters. The average molecular weight is 456 g/mol. The van der Waals surface area contributed by atoms with Gasteiger partial charge in [0.2, 0.25) is 0 Å². The number of nitrogens with one attached hydrogen (secondary N) is 1. The lowest BCUT2D eigenvalue weighted by Crippen LogP contribution is -2.51. The Bertz CT molecular complexity index is 1170. The van der Waals surface area contributed by atoms with Gasteiger partial charge < -0.3 is 14.5 Å². The number of thiazole rings is 1. The van der Waals surface area contributed by atoms with Crippen molar-refractivity contribution in [3.63, 3.8) is 0 Å². The zero-order valence-corrected chi connectivity index (χ0v) is 18.2. The first kappa shape index (κ1) is 21.7. The summed E-state index contributed by atoms with van der Waals surface area (Å²) in [5.74, 6) is -1.12. The van der Waals surface area contributed by atoms with Crippen LogP contribution in [0.3, 0.4) is 0 Å². The van der Waals surface area contributed by atoms with Crippen molar-refractivity contribution in [2.24, 2.45) is 0 Å². The summed E-state index contributed by atoms with van der Waals surface area (Å²) < 4.78 is 19.2. The zero-order valence-electron chi connectivity index (χ0n) is 17.3. The van der Waals surface area contributed by atoms with Gasteiger partial charge in [-0.25, -0.2) is 19.0 Å². The molecular weight excluding hydrogens is 435 g/mol. The summed E-state index contributed by atoms with van der Waals surface area (Å²) in [6, 6.07) is 10.3. The van der Waals surface area contributed by atoms with Crippen LogP contribution in [-0.2, 0) is 4.74 Å². The van der Waals surface area contributed by atoms with Crippen molar-refractivity contribution >= 4 is 44.6 Å².